The summed E-state index contributed by atoms with van der Waals surface area (Å²) in [6, 6.07) is 18.1. The van der Waals surface area contributed by atoms with Gasteiger partial charge in [-0.15, -0.1) is 0 Å². The third-order valence-electron chi connectivity index (χ3n) is 5.35. The Morgan fingerprint density at radius 2 is 1.67 bits per heavy atom. The third kappa shape index (κ3) is 5.43. The predicted octanol–water partition coefficient (Wildman–Crippen LogP) is 3.60. The van der Waals surface area contributed by atoms with E-state index in [1.165, 1.54) is 5.56 Å². The van der Waals surface area contributed by atoms with E-state index in [4.69, 9.17) is 0 Å². The molecule has 1 aliphatic rings. The maximum absolute atomic E-state index is 12.4. The van der Waals surface area contributed by atoms with Crippen molar-refractivity contribution >= 4 is 11.8 Å². The molecule has 0 saturated carbocycles. The summed E-state index contributed by atoms with van der Waals surface area (Å²) in [5.74, 6) is 0.679. The van der Waals surface area contributed by atoms with Crippen LogP contribution in [0.1, 0.15) is 40.7 Å². The van der Waals surface area contributed by atoms with E-state index in [2.05, 4.69) is 29.6 Å². The molecule has 1 fully saturated rings. The van der Waals surface area contributed by atoms with Crippen molar-refractivity contribution in [3.05, 3.63) is 71.3 Å². The van der Waals surface area contributed by atoms with Gasteiger partial charge in [-0.1, -0.05) is 48.5 Å². The van der Waals surface area contributed by atoms with Gasteiger partial charge >= 0.3 is 0 Å². The largest absolute Gasteiger partial charge is 0.352 e. The number of carbonyl (C=O) groups excluding carboxylic acids is 2. The molecule has 3 rings (SSSR count). The Balaban J connectivity index is 1.38. The number of aryl methyl sites for hydroxylation is 1. The first-order valence-electron chi connectivity index (χ1n) is 9.79. The molecule has 142 valence electrons. The molecular weight excluding hydrogens is 336 g/mol. The Kier molecular flexibility index (Phi) is 6.64. The smallest absolute Gasteiger partial charge is 0.251 e. The normalized spacial score (nSPS) is 14.8. The van der Waals surface area contributed by atoms with Crippen LogP contribution in [0.25, 0.3) is 0 Å². The molecule has 0 aliphatic carbocycles. The molecule has 1 saturated heterocycles. The van der Waals surface area contributed by atoms with E-state index >= 15 is 0 Å². The summed E-state index contributed by atoms with van der Waals surface area (Å²) in [5, 5.41) is 2.86. The zero-order valence-electron chi connectivity index (χ0n) is 16.0. The van der Waals surface area contributed by atoms with Crippen molar-refractivity contribution in [3.8, 4) is 0 Å². The van der Waals surface area contributed by atoms with Gasteiger partial charge in [0.05, 0.1) is 0 Å². The number of hydrogen-bond donors (Lipinski definition) is 1. The van der Waals surface area contributed by atoms with Gasteiger partial charge in [-0.05, 0) is 49.3 Å². The van der Waals surface area contributed by atoms with Gasteiger partial charge in [0, 0.05) is 31.6 Å². The van der Waals surface area contributed by atoms with E-state index < -0.39 is 0 Å². The molecule has 2 aromatic carbocycles. The number of rotatable bonds is 6. The molecule has 0 unspecified atom stereocenters. The molecule has 0 bridgehead atoms. The van der Waals surface area contributed by atoms with Gasteiger partial charge in [0.15, 0.2) is 0 Å². The first-order chi connectivity index (χ1) is 13.1. The van der Waals surface area contributed by atoms with E-state index in [0.29, 0.717) is 24.4 Å². The van der Waals surface area contributed by atoms with Crippen LogP contribution in [0.5, 0.6) is 0 Å². The Labute approximate surface area is 161 Å². The second kappa shape index (κ2) is 9.36. The van der Waals surface area contributed by atoms with Gasteiger partial charge in [0.2, 0.25) is 5.91 Å². The molecule has 0 spiro atoms. The van der Waals surface area contributed by atoms with E-state index in [0.717, 1.165) is 37.9 Å². The van der Waals surface area contributed by atoms with Crippen LogP contribution >= 0.6 is 0 Å². The van der Waals surface area contributed by atoms with Crippen molar-refractivity contribution in [2.75, 3.05) is 19.6 Å². The van der Waals surface area contributed by atoms with Crippen LogP contribution in [0.3, 0.4) is 0 Å². The molecule has 0 radical (unpaired) electrons. The average Bonchev–Trinajstić information content (AvgIpc) is 2.69. The molecule has 4 heteroatoms. The fourth-order valence-corrected chi connectivity index (χ4v) is 3.70. The molecular formula is C23H28N2O2. The molecule has 2 aromatic rings. The fourth-order valence-electron chi connectivity index (χ4n) is 3.70. The summed E-state index contributed by atoms with van der Waals surface area (Å²) in [7, 11) is 0. The van der Waals surface area contributed by atoms with E-state index in [9.17, 15) is 9.59 Å². The number of likely N-dealkylation sites (tertiary alicyclic amines) is 1. The third-order valence-corrected chi connectivity index (χ3v) is 5.35. The van der Waals surface area contributed by atoms with E-state index in [-0.39, 0.29) is 11.8 Å². The predicted molar refractivity (Wildman–Crippen MR) is 108 cm³/mol. The minimum Gasteiger partial charge on any atom is -0.352 e. The van der Waals surface area contributed by atoms with Crippen LogP contribution in [0.15, 0.2) is 54.6 Å². The first kappa shape index (κ1) is 19.2. The van der Waals surface area contributed by atoms with Gasteiger partial charge in [-0.3, -0.25) is 9.59 Å². The minimum absolute atomic E-state index is 0.109. The topological polar surface area (TPSA) is 49.4 Å². The van der Waals surface area contributed by atoms with Gasteiger partial charge in [0.25, 0.3) is 5.91 Å². The number of hydrogen-bond acceptors (Lipinski definition) is 2. The Hall–Kier alpha value is -2.62. The maximum atomic E-state index is 12.4. The highest BCUT2D eigenvalue weighted by atomic mass is 16.2. The lowest BCUT2D eigenvalue weighted by Crippen LogP contribution is -2.40. The average molecular weight is 364 g/mol. The van der Waals surface area contributed by atoms with Crippen LogP contribution in [0.4, 0.5) is 0 Å². The number of carbonyl (C=O) groups is 2. The summed E-state index contributed by atoms with van der Waals surface area (Å²) < 4.78 is 0. The molecule has 1 N–H and O–H groups in total. The lowest BCUT2D eigenvalue weighted by Gasteiger charge is -2.32. The summed E-state index contributed by atoms with van der Waals surface area (Å²) >= 11 is 0. The molecule has 4 nitrogen and oxygen atoms in total. The van der Waals surface area contributed by atoms with Crippen LogP contribution in [-0.4, -0.2) is 36.3 Å². The molecule has 0 aromatic heterocycles. The Morgan fingerprint density at radius 1 is 1.00 bits per heavy atom. The highest BCUT2D eigenvalue weighted by Crippen LogP contribution is 2.22. The lowest BCUT2D eigenvalue weighted by molar-refractivity contribution is -0.132. The number of nitrogens with zero attached hydrogens (tertiary/aromatic N) is 1. The van der Waals surface area contributed by atoms with Crippen LogP contribution in [-0.2, 0) is 11.2 Å². The van der Waals surface area contributed by atoms with E-state index in [1.54, 1.807) is 0 Å². The van der Waals surface area contributed by atoms with Crippen molar-refractivity contribution in [2.24, 2.45) is 5.92 Å². The number of nitrogens with one attached hydrogen (secondary N) is 1. The minimum atomic E-state index is -0.109. The van der Waals surface area contributed by atoms with Gasteiger partial charge in [-0.2, -0.15) is 0 Å². The number of amides is 2. The SMILES string of the molecule is Cc1ccccc1C(=O)NCCC(=O)N1CCC(Cc2ccccc2)CC1. The summed E-state index contributed by atoms with van der Waals surface area (Å²) in [4.78, 5) is 26.6. The van der Waals surface area contributed by atoms with Crippen molar-refractivity contribution in [1.29, 1.82) is 0 Å². The number of piperidine rings is 1. The van der Waals surface area contributed by atoms with Crippen LogP contribution in [0, 0.1) is 12.8 Å². The van der Waals surface area contributed by atoms with Crippen LogP contribution < -0.4 is 5.32 Å². The Morgan fingerprint density at radius 3 is 2.37 bits per heavy atom. The van der Waals surface area contributed by atoms with Crippen molar-refractivity contribution in [1.82, 2.24) is 10.2 Å². The molecule has 0 atom stereocenters. The van der Waals surface area contributed by atoms with Gasteiger partial charge < -0.3 is 10.2 Å². The molecule has 27 heavy (non-hydrogen) atoms. The zero-order chi connectivity index (χ0) is 19.1. The second-order valence-electron chi connectivity index (χ2n) is 7.33. The van der Waals surface area contributed by atoms with Gasteiger partial charge in [-0.25, -0.2) is 0 Å². The number of benzene rings is 2. The van der Waals surface area contributed by atoms with Crippen LogP contribution in [0.2, 0.25) is 0 Å². The maximum Gasteiger partial charge on any atom is 0.251 e. The molecule has 2 amide bonds. The highest BCUT2D eigenvalue weighted by molar-refractivity contribution is 5.95. The monoisotopic (exact) mass is 364 g/mol. The van der Waals surface area contributed by atoms with E-state index in [1.807, 2.05) is 42.2 Å². The summed E-state index contributed by atoms with van der Waals surface area (Å²) in [6.07, 6.45) is 3.56. The second-order valence-corrected chi connectivity index (χ2v) is 7.33. The Bertz CT molecular complexity index is 765. The quantitative estimate of drug-likeness (QED) is 0.851. The highest BCUT2D eigenvalue weighted by Gasteiger charge is 2.22. The summed E-state index contributed by atoms with van der Waals surface area (Å²) in [5.41, 5.74) is 3.00. The fraction of sp³-hybridized carbons (Fsp3) is 0.391. The zero-order valence-corrected chi connectivity index (χ0v) is 16.0. The van der Waals surface area contributed by atoms with Crippen molar-refractivity contribution in [2.45, 2.75) is 32.6 Å². The standard InChI is InChI=1S/C23H28N2O2/c1-18-7-5-6-10-21(18)23(27)24-14-11-22(26)25-15-12-20(13-16-25)17-19-8-3-2-4-9-19/h2-10,20H,11-17H2,1H3,(H,24,27). The van der Waals surface area contributed by atoms with Crippen molar-refractivity contribution < 1.29 is 9.59 Å². The van der Waals surface area contributed by atoms with Crippen molar-refractivity contribution in [3.63, 3.8) is 0 Å². The first-order valence-corrected chi connectivity index (χ1v) is 9.79. The molecule has 1 aliphatic heterocycles. The lowest BCUT2D eigenvalue weighted by atomic mass is 9.90. The van der Waals surface area contributed by atoms with Gasteiger partial charge in [0.1, 0.15) is 0 Å². The molecule has 1 heterocycles. The summed E-state index contributed by atoms with van der Waals surface area (Å²) in [6.45, 7) is 3.94.